The van der Waals surface area contributed by atoms with Gasteiger partial charge in [-0.15, -0.1) is 0 Å². The maximum absolute atomic E-state index is 12.1. The van der Waals surface area contributed by atoms with E-state index < -0.39 is 11.9 Å². The minimum atomic E-state index is -0.905. The maximum atomic E-state index is 12.1. The molecule has 2 rings (SSSR count). The molecule has 0 aromatic heterocycles. The van der Waals surface area contributed by atoms with Gasteiger partial charge in [-0.25, -0.2) is 0 Å². The van der Waals surface area contributed by atoms with Crippen molar-refractivity contribution in [2.75, 3.05) is 6.54 Å². The predicted molar refractivity (Wildman–Crippen MR) is 79.2 cm³/mol. The first-order valence-electron chi connectivity index (χ1n) is 6.68. The number of halogens is 1. The molecule has 108 valence electrons. The third-order valence-electron chi connectivity index (χ3n) is 3.52. The van der Waals surface area contributed by atoms with Crippen LogP contribution in [0.2, 0.25) is 0 Å². The molecule has 1 amide bonds. The predicted octanol–water partition coefficient (Wildman–Crippen LogP) is 3.08. The van der Waals surface area contributed by atoms with Crippen LogP contribution in [-0.4, -0.2) is 28.4 Å². The number of benzene rings is 1. The fourth-order valence-electron chi connectivity index (χ4n) is 2.69. The van der Waals surface area contributed by atoms with E-state index in [0.29, 0.717) is 12.5 Å². The Bertz CT molecular complexity index is 512. The number of carbonyl (C=O) groups excluding carboxylic acids is 1. The van der Waals surface area contributed by atoms with Crippen LogP contribution >= 0.6 is 15.9 Å². The van der Waals surface area contributed by atoms with Gasteiger partial charge < -0.3 is 10.0 Å². The monoisotopic (exact) mass is 339 g/mol. The second-order valence-electron chi connectivity index (χ2n) is 5.59. The summed E-state index contributed by atoms with van der Waals surface area (Å²) >= 11 is 3.37. The number of aliphatic carboxylic acids is 1. The first kappa shape index (κ1) is 15.0. The molecule has 1 aliphatic rings. The quantitative estimate of drug-likeness (QED) is 0.916. The summed E-state index contributed by atoms with van der Waals surface area (Å²) < 4.78 is 0.938. The summed E-state index contributed by atoms with van der Waals surface area (Å²) in [6, 6.07) is 7.16. The SMILES string of the molecule is CC(C)CN1C(=O)CC(C(=O)O)C1c1ccc(Br)cc1. The van der Waals surface area contributed by atoms with Crippen LogP contribution in [0, 0.1) is 11.8 Å². The van der Waals surface area contributed by atoms with Crippen LogP contribution in [-0.2, 0) is 9.59 Å². The topological polar surface area (TPSA) is 57.6 Å². The average molecular weight is 340 g/mol. The summed E-state index contributed by atoms with van der Waals surface area (Å²) in [5.74, 6) is -1.33. The van der Waals surface area contributed by atoms with E-state index >= 15 is 0 Å². The second kappa shape index (κ2) is 5.95. The van der Waals surface area contributed by atoms with Gasteiger partial charge in [0.15, 0.2) is 0 Å². The molecule has 5 heteroatoms. The van der Waals surface area contributed by atoms with E-state index in [-0.39, 0.29) is 18.4 Å². The Hall–Kier alpha value is -1.36. The Morgan fingerprint density at radius 2 is 2.00 bits per heavy atom. The van der Waals surface area contributed by atoms with Crippen LogP contribution in [0.1, 0.15) is 31.9 Å². The lowest BCUT2D eigenvalue weighted by atomic mass is 9.93. The highest BCUT2D eigenvalue weighted by atomic mass is 79.9. The zero-order valence-corrected chi connectivity index (χ0v) is 13.1. The number of rotatable bonds is 4. The van der Waals surface area contributed by atoms with E-state index in [0.717, 1.165) is 10.0 Å². The summed E-state index contributed by atoms with van der Waals surface area (Å²) in [6.45, 7) is 4.64. The first-order chi connectivity index (χ1) is 9.40. The largest absolute Gasteiger partial charge is 0.481 e. The van der Waals surface area contributed by atoms with Crippen molar-refractivity contribution >= 4 is 27.8 Å². The molecular weight excluding hydrogens is 322 g/mol. The summed E-state index contributed by atoms with van der Waals surface area (Å²) in [5.41, 5.74) is 0.882. The molecule has 1 fully saturated rings. The molecule has 1 aromatic rings. The summed E-state index contributed by atoms with van der Waals surface area (Å²) in [5, 5.41) is 9.38. The van der Waals surface area contributed by atoms with Gasteiger partial charge in [-0.2, -0.15) is 0 Å². The Morgan fingerprint density at radius 3 is 2.50 bits per heavy atom. The van der Waals surface area contributed by atoms with E-state index in [1.54, 1.807) is 4.90 Å². The van der Waals surface area contributed by atoms with Crippen molar-refractivity contribution in [1.29, 1.82) is 0 Å². The highest BCUT2D eigenvalue weighted by Gasteiger charge is 2.44. The van der Waals surface area contributed by atoms with Crippen molar-refractivity contribution in [3.05, 3.63) is 34.3 Å². The molecule has 2 atom stereocenters. The van der Waals surface area contributed by atoms with Gasteiger partial charge in [0, 0.05) is 17.4 Å². The number of carboxylic acid groups (broad SMARTS) is 1. The van der Waals surface area contributed by atoms with Crippen LogP contribution in [0.4, 0.5) is 0 Å². The molecule has 1 heterocycles. The molecule has 0 bridgehead atoms. The molecule has 0 aliphatic carbocycles. The zero-order chi connectivity index (χ0) is 14.9. The van der Waals surface area contributed by atoms with Crippen molar-refractivity contribution in [2.45, 2.75) is 26.3 Å². The molecule has 0 radical (unpaired) electrons. The van der Waals surface area contributed by atoms with E-state index in [1.807, 2.05) is 38.1 Å². The van der Waals surface area contributed by atoms with Gasteiger partial charge in [-0.1, -0.05) is 41.9 Å². The van der Waals surface area contributed by atoms with E-state index in [4.69, 9.17) is 0 Å². The lowest BCUT2D eigenvalue weighted by molar-refractivity contribution is -0.142. The Morgan fingerprint density at radius 1 is 1.40 bits per heavy atom. The number of likely N-dealkylation sites (tertiary alicyclic amines) is 1. The normalized spacial score (nSPS) is 22.6. The molecular formula is C15H18BrNO3. The maximum Gasteiger partial charge on any atom is 0.309 e. The summed E-state index contributed by atoms with van der Waals surface area (Å²) in [4.78, 5) is 25.3. The first-order valence-corrected chi connectivity index (χ1v) is 7.47. The minimum absolute atomic E-state index is 0.0704. The molecule has 4 nitrogen and oxygen atoms in total. The lowest BCUT2D eigenvalue weighted by Gasteiger charge is -2.28. The summed E-state index contributed by atoms with van der Waals surface area (Å²) in [6.07, 6.45) is 0.0861. The number of hydrogen-bond acceptors (Lipinski definition) is 2. The summed E-state index contributed by atoms with van der Waals surface area (Å²) in [7, 11) is 0. The zero-order valence-electron chi connectivity index (χ0n) is 11.5. The standard InChI is InChI=1S/C15H18BrNO3/c1-9(2)8-17-13(18)7-12(15(19)20)14(17)10-3-5-11(16)6-4-10/h3-6,9,12,14H,7-8H2,1-2H3,(H,19,20). The van der Waals surface area contributed by atoms with Crippen molar-refractivity contribution in [2.24, 2.45) is 11.8 Å². The number of hydrogen-bond donors (Lipinski definition) is 1. The van der Waals surface area contributed by atoms with Crippen LogP contribution in [0.25, 0.3) is 0 Å². The van der Waals surface area contributed by atoms with Gasteiger partial charge >= 0.3 is 5.97 Å². The molecule has 0 saturated carbocycles. The van der Waals surface area contributed by atoms with E-state index in [1.165, 1.54) is 0 Å². The fraction of sp³-hybridized carbons (Fsp3) is 0.467. The van der Waals surface area contributed by atoms with Gasteiger partial charge in [-0.05, 0) is 23.6 Å². The van der Waals surface area contributed by atoms with Gasteiger partial charge in [0.2, 0.25) is 5.91 Å². The van der Waals surface area contributed by atoms with Crippen LogP contribution < -0.4 is 0 Å². The smallest absolute Gasteiger partial charge is 0.309 e. The highest BCUT2D eigenvalue weighted by Crippen LogP contribution is 2.39. The van der Waals surface area contributed by atoms with Crippen LogP contribution in [0.15, 0.2) is 28.7 Å². The Kier molecular flexibility index (Phi) is 4.48. The molecule has 1 aromatic carbocycles. The van der Waals surface area contributed by atoms with Crippen molar-refractivity contribution in [3.63, 3.8) is 0 Å². The molecule has 1 aliphatic heterocycles. The average Bonchev–Trinajstić information content (AvgIpc) is 2.68. The third-order valence-corrected chi connectivity index (χ3v) is 4.05. The second-order valence-corrected chi connectivity index (χ2v) is 6.50. The van der Waals surface area contributed by atoms with E-state index in [9.17, 15) is 14.7 Å². The van der Waals surface area contributed by atoms with Gasteiger partial charge in [0.05, 0.1) is 12.0 Å². The minimum Gasteiger partial charge on any atom is -0.481 e. The van der Waals surface area contributed by atoms with Gasteiger partial charge in [0.25, 0.3) is 0 Å². The molecule has 0 spiro atoms. The number of carboxylic acids is 1. The van der Waals surface area contributed by atoms with Crippen molar-refractivity contribution in [3.8, 4) is 0 Å². The van der Waals surface area contributed by atoms with Crippen LogP contribution in [0.5, 0.6) is 0 Å². The number of amides is 1. The molecule has 2 unspecified atom stereocenters. The Balaban J connectivity index is 2.37. The molecule has 20 heavy (non-hydrogen) atoms. The molecule has 1 N–H and O–H groups in total. The van der Waals surface area contributed by atoms with Crippen LogP contribution in [0.3, 0.4) is 0 Å². The van der Waals surface area contributed by atoms with Gasteiger partial charge in [0.1, 0.15) is 0 Å². The third kappa shape index (κ3) is 3.03. The van der Waals surface area contributed by atoms with Crippen molar-refractivity contribution < 1.29 is 14.7 Å². The fourth-order valence-corrected chi connectivity index (χ4v) is 2.96. The van der Waals surface area contributed by atoms with E-state index in [2.05, 4.69) is 15.9 Å². The molecule has 1 saturated heterocycles. The Labute approximate surface area is 126 Å². The highest BCUT2D eigenvalue weighted by molar-refractivity contribution is 9.10. The number of nitrogens with zero attached hydrogens (tertiary/aromatic N) is 1. The number of carbonyl (C=O) groups is 2. The lowest BCUT2D eigenvalue weighted by Crippen LogP contribution is -2.33. The van der Waals surface area contributed by atoms with Gasteiger partial charge in [-0.3, -0.25) is 9.59 Å². The van der Waals surface area contributed by atoms with Crippen molar-refractivity contribution in [1.82, 2.24) is 4.90 Å².